The molecule has 0 radical (unpaired) electrons. The first-order chi connectivity index (χ1) is 8.74. The first kappa shape index (κ1) is 12.1. The average Bonchev–Trinajstić information content (AvgIpc) is 3.06. The van der Waals surface area contributed by atoms with Crippen molar-refractivity contribution in [3.8, 4) is 0 Å². The molecule has 3 rings (SSSR count). The second kappa shape index (κ2) is 4.96. The molecule has 18 heavy (non-hydrogen) atoms. The summed E-state index contributed by atoms with van der Waals surface area (Å²) in [4.78, 5) is 0. The van der Waals surface area contributed by atoms with Crippen molar-refractivity contribution in [2.45, 2.75) is 44.1 Å². The zero-order valence-corrected chi connectivity index (χ0v) is 10.5. The minimum absolute atomic E-state index is 0.261. The van der Waals surface area contributed by atoms with Crippen LogP contribution in [0.1, 0.15) is 43.6 Å². The molecule has 0 spiro atoms. The van der Waals surface area contributed by atoms with Crippen molar-refractivity contribution in [1.82, 2.24) is 5.32 Å². The lowest BCUT2D eigenvalue weighted by atomic mass is 9.88. The van der Waals surface area contributed by atoms with Crippen LogP contribution in [0.5, 0.6) is 0 Å². The van der Waals surface area contributed by atoms with Crippen molar-refractivity contribution >= 4 is 0 Å². The lowest BCUT2D eigenvalue weighted by Crippen LogP contribution is -2.26. The molecule has 0 aliphatic heterocycles. The van der Waals surface area contributed by atoms with Gasteiger partial charge in [0.15, 0.2) is 0 Å². The van der Waals surface area contributed by atoms with E-state index in [-0.39, 0.29) is 11.7 Å². The number of halogens is 2. The van der Waals surface area contributed by atoms with Gasteiger partial charge in [0.05, 0.1) is 0 Å². The number of rotatable bonds is 4. The summed E-state index contributed by atoms with van der Waals surface area (Å²) in [7, 11) is 0. The van der Waals surface area contributed by atoms with E-state index in [0.29, 0.717) is 17.5 Å². The first-order valence-electron chi connectivity index (χ1n) is 6.92. The highest BCUT2D eigenvalue weighted by Gasteiger charge is 2.32. The molecule has 98 valence electrons. The molecular weight excluding hydrogens is 232 g/mol. The van der Waals surface area contributed by atoms with Crippen LogP contribution in [0.2, 0.25) is 0 Å². The molecule has 2 aliphatic rings. The predicted octanol–water partition coefficient (Wildman–Crippen LogP) is 3.60. The number of hydrogen-bond donors (Lipinski definition) is 1. The van der Waals surface area contributed by atoms with E-state index in [1.165, 1.54) is 18.9 Å². The molecule has 0 saturated heterocycles. The van der Waals surface area contributed by atoms with Gasteiger partial charge in [0.2, 0.25) is 0 Å². The molecule has 2 aliphatic carbocycles. The van der Waals surface area contributed by atoms with Crippen LogP contribution >= 0.6 is 0 Å². The monoisotopic (exact) mass is 251 g/mol. The van der Waals surface area contributed by atoms with Crippen molar-refractivity contribution in [1.29, 1.82) is 0 Å². The molecule has 2 unspecified atom stereocenters. The molecule has 0 amide bonds. The second-order valence-electron chi connectivity index (χ2n) is 5.65. The maximum Gasteiger partial charge on any atom is 0.129 e. The van der Waals surface area contributed by atoms with Crippen molar-refractivity contribution in [3.05, 3.63) is 35.4 Å². The summed E-state index contributed by atoms with van der Waals surface area (Å²) in [6, 6.07) is 4.72. The van der Waals surface area contributed by atoms with E-state index < -0.39 is 5.82 Å². The Balaban J connectivity index is 1.72. The van der Waals surface area contributed by atoms with E-state index >= 15 is 0 Å². The maximum absolute atomic E-state index is 13.8. The summed E-state index contributed by atoms with van der Waals surface area (Å²) in [5.41, 5.74) is 0.705. The molecule has 3 heteroatoms. The molecule has 1 nitrogen and oxygen atoms in total. The number of nitrogens with one attached hydrogen (secondary N) is 1. The fraction of sp³-hybridized carbons (Fsp3) is 0.600. The number of benzene rings is 1. The Bertz CT molecular complexity index is 429. The van der Waals surface area contributed by atoms with Gasteiger partial charge in [-0.15, -0.1) is 0 Å². The smallest absolute Gasteiger partial charge is 0.129 e. The zero-order valence-electron chi connectivity index (χ0n) is 10.5. The normalized spacial score (nSPS) is 27.7. The van der Waals surface area contributed by atoms with Gasteiger partial charge in [-0.05, 0) is 55.7 Å². The van der Waals surface area contributed by atoms with E-state index in [1.807, 2.05) is 0 Å². The van der Waals surface area contributed by atoms with Gasteiger partial charge in [-0.2, -0.15) is 0 Å². The molecule has 2 saturated carbocycles. The van der Waals surface area contributed by atoms with Gasteiger partial charge in [0.25, 0.3) is 0 Å². The largest absolute Gasteiger partial charge is 0.314 e. The third-order valence-corrected chi connectivity index (χ3v) is 4.27. The van der Waals surface area contributed by atoms with E-state index in [9.17, 15) is 8.78 Å². The van der Waals surface area contributed by atoms with Gasteiger partial charge in [-0.25, -0.2) is 8.78 Å². The van der Waals surface area contributed by atoms with E-state index in [0.717, 1.165) is 31.9 Å². The minimum atomic E-state index is -0.484. The molecule has 2 fully saturated rings. The van der Waals surface area contributed by atoms with Crippen LogP contribution in [0.25, 0.3) is 0 Å². The molecular formula is C15H19F2N. The highest BCUT2D eigenvalue weighted by molar-refractivity contribution is 5.24. The third-order valence-electron chi connectivity index (χ3n) is 4.27. The molecule has 2 atom stereocenters. The lowest BCUT2D eigenvalue weighted by molar-refractivity contribution is 0.429. The van der Waals surface area contributed by atoms with Crippen LogP contribution in [0, 0.1) is 17.6 Å². The molecule has 0 bridgehead atoms. The Morgan fingerprint density at radius 2 is 1.94 bits per heavy atom. The Labute approximate surface area is 107 Å². The lowest BCUT2D eigenvalue weighted by Gasteiger charge is -2.21. The Morgan fingerprint density at radius 3 is 2.67 bits per heavy atom. The van der Waals surface area contributed by atoms with Crippen LogP contribution in [-0.4, -0.2) is 12.6 Å². The average molecular weight is 251 g/mol. The second-order valence-corrected chi connectivity index (χ2v) is 5.65. The van der Waals surface area contributed by atoms with Gasteiger partial charge in [0, 0.05) is 12.1 Å². The van der Waals surface area contributed by atoms with Crippen molar-refractivity contribution in [2.75, 3.05) is 6.54 Å². The molecule has 1 aromatic rings. The summed E-state index contributed by atoms with van der Waals surface area (Å²) in [6.07, 6.45) is 5.89. The SMILES string of the molecule is Fc1ccc(C2CCCC2CNC2CC2)c(F)c1. The van der Waals surface area contributed by atoms with Crippen molar-refractivity contribution in [2.24, 2.45) is 5.92 Å². The highest BCUT2D eigenvalue weighted by Crippen LogP contribution is 2.40. The van der Waals surface area contributed by atoms with Crippen LogP contribution in [0.3, 0.4) is 0 Å². The molecule has 1 N–H and O–H groups in total. The molecule has 0 aromatic heterocycles. The summed E-state index contributed by atoms with van der Waals surface area (Å²) < 4.78 is 26.8. The van der Waals surface area contributed by atoms with Crippen molar-refractivity contribution < 1.29 is 8.78 Å². The highest BCUT2D eigenvalue weighted by atomic mass is 19.1. The van der Waals surface area contributed by atoms with Crippen LogP contribution in [0.15, 0.2) is 18.2 Å². The van der Waals surface area contributed by atoms with Crippen LogP contribution < -0.4 is 5.32 Å². The molecule has 0 heterocycles. The van der Waals surface area contributed by atoms with Crippen LogP contribution in [-0.2, 0) is 0 Å². The standard InChI is InChI=1S/C15H19F2N/c16-11-4-7-14(15(17)8-11)13-3-1-2-10(13)9-18-12-5-6-12/h4,7-8,10,12-13,18H,1-3,5-6,9H2. The van der Waals surface area contributed by atoms with Gasteiger partial charge >= 0.3 is 0 Å². The Hall–Kier alpha value is -0.960. The summed E-state index contributed by atoms with van der Waals surface area (Å²) in [6.45, 7) is 0.978. The predicted molar refractivity (Wildman–Crippen MR) is 67.5 cm³/mol. The Morgan fingerprint density at radius 1 is 1.11 bits per heavy atom. The number of hydrogen-bond acceptors (Lipinski definition) is 1. The summed E-state index contributed by atoms with van der Waals surface area (Å²) in [5, 5.41) is 3.53. The van der Waals surface area contributed by atoms with E-state index in [1.54, 1.807) is 6.07 Å². The van der Waals surface area contributed by atoms with Crippen molar-refractivity contribution in [3.63, 3.8) is 0 Å². The molecule has 1 aromatic carbocycles. The topological polar surface area (TPSA) is 12.0 Å². The van der Waals surface area contributed by atoms with Gasteiger partial charge < -0.3 is 5.32 Å². The van der Waals surface area contributed by atoms with Gasteiger partial charge in [-0.1, -0.05) is 12.5 Å². The van der Waals surface area contributed by atoms with Crippen LogP contribution in [0.4, 0.5) is 8.78 Å². The first-order valence-corrected chi connectivity index (χ1v) is 6.92. The third kappa shape index (κ3) is 2.56. The minimum Gasteiger partial charge on any atom is -0.314 e. The van der Waals surface area contributed by atoms with E-state index in [2.05, 4.69) is 5.32 Å². The summed E-state index contributed by atoms with van der Waals surface area (Å²) in [5.74, 6) is -0.0948. The zero-order chi connectivity index (χ0) is 12.5. The van der Waals surface area contributed by atoms with Gasteiger partial charge in [-0.3, -0.25) is 0 Å². The quantitative estimate of drug-likeness (QED) is 0.862. The maximum atomic E-state index is 13.8. The fourth-order valence-electron chi connectivity index (χ4n) is 3.10. The van der Waals surface area contributed by atoms with Gasteiger partial charge in [0.1, 0.15) is 11.6 Å². The Kier molecular flexibility index (Phi) is 3.33. The van der Waals surface area contributed by atoms with E-state index in [4.69, 9.17) is 0 Å². The fourth-order valence-corrected chi connectivity index (χ4v) is 3.10. The summed E-state index contributed by atoms with van der Waals surface area (Å²) >= 11 is 0.